The van der Waals surface area contributed by atoms with Crippen molar-refractivity contribution in [3.63, 3.8) is 0 Å². The summed E-state index contributed by atoms with van der Waals surface area (Å²) in [4.78, 5) is 11.8. The van der Waals surface area contributed by atoms with E-state index in [2.05, 4.69) is 21.2 Å². The molecule has 3 N–H and O–H groups in total. The van der Waals surface area contributed by atoms with E-state index in [9.17, 15) is 9.18 Å². The Hall–Kier alpha value is -0.940. The number of nitrogens with two attached hydrogens (primary N) is 1. The number of nitrogens with one attached hydrogen (secondary N) is 1. The van der Waals surface area contributed by atoms with Crippen LogP contribution in [0.25, 0.3) is 0 Å². The van der Waals surface area contributed by atoms with E-state index in [1.807, 2.05) is 20.8 Å². The molecular weight excluding hydrogens is 299 g/mol. The molecule has 1 unspecified atom stereocenters. The van der Waals surface area contributed by atoms with Crippen molar-refractivity contribution in [1.82, 2.24) is 0 Å². The van der Waals surface area contributed by atoms with Crippen LogP contribution in [-0.2, 0) is 4.79 Å². The lowest BCUT2D eigenvalue weighted by atomic mass is 9.85. The molecule has 0 fully saturated rings. The number of hydrogen-bond donors (Lipinski definition) is 2. The average molecular weight is 317 g/mol. The Morgan fingerprint density at radius 2 is 2.11 bits per heavy atom. The molecule has 1 atom stereocenters. The molecule has 1 rings (SSSR count). The first kappa shape index (κ1) is 15.1. The van der Waals surface area contributed by atoms with E-state index in [4.69, 9.17) is 5.73 Å². The van der Waals surface area contributed by atoms with Gasteiger partial charge in [-0.05, 0) is 39.5 Å². The summed E-state index contributed by atoms with van der Waals surface area (Å²) in [5.74, 6) is -0.614. The Balaban J connectivity index is 2.68. The van der Waals surface area contributed by atoms with Crippen LogP contribution in [0.3, 0.4) is 0 Å². The Bertz CT molecular complexity index is 443. The molecule has 0 saturated carbocycles. The van der Waals surface area contributed by atoms with E-state index in [1.165, 1.54) is 12.1 Å². The number of carbonyl (C=O) groups excluding carboxylic acids is 1. The second-order valence-electron chi connectivity index (χ2n) is 5.35. The number of halogens is 2. The Kier molecular flexibility index (Phi) is 4.87. The zero-order valence-corrected chi connectivity index (χ0v) is 12.3. The topological polar surface area (TPSA) is 55.1 Å². The van der Waals surface area contributed by atoms with Gasteiger partial charge in [-0.15, -0.1) is 0 Å². The summed E-state index contributed by atoms with van der Waals surface area (Å²) in [6.45, 7) is 5.93. The number of carbonyl (C=O) groups is 1. The minimum atomic E-state index is -0.395. The standard InChI is InChI=1S/C13H18BrFN2O/c1-13(2,3)11(16)7-12(18)17-10-6-8(15)4-5-9(10)14/h4-6,11H,7,16H2,1-3H3,(H,17,18). The molecule has 0 aliphatic rings. The summed E-state index contributed by atoms with van der Waals surface area (Å²) >= 11 is 3.25. The molecule has 1 aromatic carbocycles. The quantitative estimate of drug-likeness (QED) is 0.899. The van der Waals surface area contributed by atoms with Crippen molar-refractivity contribution >= 4 is 27.5 Å². The third-order valence-corrected chi connectivity index (χ3v) is 3.41. The lowest BCUT2D eigenvalue weighted by Crippen LogP contribution is -2.38. The molecule has 3 nitrogen and oxygen atoms in total. The SMILES string of the molecule is CC(C)(C)C(N)CC(=O)Nc1cc(F)ccc1Br. The molecule has 1 amide bonds. The van der Waals surface area contributed by atoms with Crippen molar-refractivity contribution in [1.29, 1.82) is 0 Å². The number of benzene rings is 1. The molecule has 0 spiro atoms. The van der Waals surface area contributed by atoms with Crippen molar-refractivity contribution in [2.75, 3.05) is 5.32 Å². The van der Waals surface area contributed by atoms with E-state index in [1.54, 1.807) is 6.07 Å². The van der Waals surface area contributed by atoms with Crippen LogP contribution in [0.2, 0.25) is 0 Å². The molecule has 100 valence electrons. The van der Waals surface area contributed by atoms with E-state index in [0.29, 0.717) is 10.2 Å². The number of amides is 1. The first-order valence-electron chi connectivity index (χ1n) is 5.70. The summed E-state index contributed by atoms with van der Waals surface area (Å²) in [5, 5.41) is 2.65. The van der Waals surface area contributed by atoms with Gasteiger partial charge in [-0.1, -0.05) is 20.8 Å². The van der Waals surface area contributed by atoms with Crippen LogP contribution < -0.4 is 11.1 Å². The molecule has 0 bridgehead atoms. The molecule has 1 aromatic rings. The van der Waals surface area contributed by atoms with Crippen LogP contribution in [0.1, 0.15) is 27.2 Å². The third kappa shape index (κ3) is 4.38. The highest BCUT2D eigenvalue weighted by Crippen LogP contribution is 2.24. The molecule has 0 heterocycles. The van der Waals surface area contributed by atoms with Gasteiger partial charge in [0.1, 0.15) is 5.82 Å². The Morgan fingerprint density at radius 1 is 1.50 bits per heavy atom. The van der Waals surface area contributed by atoms with E-state index >= 15 is 0 Å². The van der Waals surface area contributed by atoms with E-state index in [0.717, 1.165) is 0 Å². The van der Waals surface area contributed by atoms with Crippen molar-refractivity contribution in [2.45, 2.75) is 33.2 Å². The second kappa shape index (κ2) is 5.80. The predicted molar refractivity (Wildman–Crippen MR) is 74.8 cm³/mol. The molecule has 18 heavy (non-hydrogen) atoms. The van der Waals surface area contributed by atoms with Gasteiger partial charge in [0, 0.05) is 16.9 Å². The van der Waals surface area contributed by atoms with Crippen molar-refractivity contribution in [3.8, 4) is 0 Å². The molecule has 5 heteroatoms. The third-order valence-electron chi connectivity index (χ3n) is 2.72. The van der Waals surface area contributed by atoms with Gasteiger partial charge >= 0.3 is 0 Å². The lowest BCUT2D eigenvalue weighted by molar-refractivity contribution is -0.117. The maximum atomic E-state index is 13.1. The normalized spacial score (nSPS) is 13.2. The number of hydrogen-bond acceptors (Lipinski definition) is 2. The van der Waals surface area contributed by atoms with Crippen molar-refractivity contribution < 1.29 is 9.18 Å². The number of anilines is 1. The fourth-order valence-corrected chi connectivity index (χ4v) is 1.65. The van der Waals surface area contributed by atoms with Crippen LogP contribution in [0.15, 0.2) is 22.7 Å². The molecule has 0 saturated heterocycles. The van der Waals surface area contributed by atoms with Crippen molar-refractivity contribution in [2.24, 2.45) is 11.1 Å². The first-order chi connectivity index (χ1) is 8.20. The van der Waals surface area contributed by atoms with Gasteiger partial charge in [0.15, 0.2) is 0 Å². The smallest absolute Gasteiger partial charge is 0.225 e. The van der Waals surface area contributed by atoms with Gasteiger partial charge < -0.3 is 11.1 Å². The minimum Gasteiger partial charge on any atom is -0.327 e. The van der Waals surface area contributed by atoms with Crippen LogP contribution in [0.5, 0.6) is 0 Å². The van der Waals surface area contributed by atoms with E-state index < -0.39 is 5.82 Å². The van der Waals surface area contributed by atoms with Crippen LogP contribution >= 0.6 is 15.9 Å². The van der Waals surface area contributed by atoms with Crippen molar-refractivity contribution in [3.05, 3.63) is 28.5 Å². The lowest BCUT2D eigenvalue weighted by Gasteiger charge is -2.26. The molecule has 0 radical (unpaired) electrons. The molecule has 0 aliphatic carbocycles. The summed E-state index contributed by atoms with van der Waals surface area (Å²) in [7, 11) is 0. The van der Waals surface area contributed by atoms with Gasteiger partial charge in [0.2, 0.25) is 5.91 Å². The minimum absolute atomic E-state index is 0.142. The molecule has 0 aromatic heterocycles. The zero-order chi connectivity index (χ0) is 13.9. The highest BCUT2D eigenvalue weighted by atomic mass is 79.9. The Labute approximate surface area is 115 Å². The molecular formula is C13H18BrFN2O. The van der Waals surface area contributed by atoms with Gasteiger partial charge in [-0.3, -0.25) is 4.79 Å². The summed E-state index contributed by atoms with van der Waals surface area (Å²) in [5.41, 5.74) is 6.20. The van der Waals surface area contributed by atoms with Gasteiger partial charge in [-0.2, -0.15) is 0 Å². The Morgan fingerprint density at radius 3 is 2.67 bits per heavy atom. The summed E-state index contributed by atoms with van der Waals surface area (Å²) < 4.78 is 13.7. The largest absolute Gasteiger partial charge is 0.327 e. The summed E-state index contributed by atoms with van der Waals surface area (Å²) in [6.07, 6.45) is 0.201. The van der Waals surface area contributed by atoms with Crippen LogP contribution in [0.4, 0.5) is 10.1 Å². The fourth-order valence-electron chi connectivity index (χ4n) is 1.30. The first-order valence-corrected chi connectivity index (χ1v) is 6.50. The zero-order valence-electron chi connectivity index (χ0n) is 10.8. The van der Waals surface area contributed by atoms with Crippen LogP contribution in [0, 0.1) is 11.2 Å². The highest BCUT2D eigenvalue weighted by molar-refractivity contribution is 9.10. The fraction of sp³-hybridized carbons (Fsp3) is 0.462. The van der Waals surface area contributed by atoms with E-state index in [-0.39, 0.29) is 23.8 Å². The van der Waals surface area contributed by atoms with Crippen LogP contribution in [-0.4, -0.2) is 11.9 Å². The van der Waals surface area contributed by atoms with Gasteiger partial charge in [-0.25, -0.2) is 4.39 Å². The van der Waals surface area contributed by atoms with Gasteiger partial charge in [0.25, 0.3) is 0 Å². The monoisotopic (exact) mass is 316 g/mol. The van der Waals surface area contributed by atoms with Gasteiger partial charge in [0.05, 0.1) is 5.69 Å². The summed E-state index contributed by atoms with van der Waals surface area (Å²) in [6, 6.07) is 3.89. The maximum Gasteiger partial charge on any atom is 0.225 e. The highest BCUT2D eigenvalue weighted by Gasteiger charge is 2.23. The molecule has 0 aliphatic heterocycles. The average Bonchev–Trinajstić information content (AvgIpc) is 2.22. The maximum absolute atomic E-state index is 13.1. The predicted octanol–water partition coefficient (Wildman–Crippen LogP) is 3.29. The number of rotatable bonds is 3. The second-order valence-corrected chi connectivity index (χ2v) is 6.20.